The maximum atomic E-state index is 11.5. The summed E-state index contributed by atoms with van der Waals surface area (Å²) in [4.78, 5) is 37.3. The Bertz CT molecular complexity index is 947. The van der Waals surface area contributed by atoms with Crippen LogP contribution in [0, 0.1) is 17.3 Å². The topological polar surface area (TPSA) is 156 Å². The van der Waals surface area contributed by atoms with E-state index in [-0.39, 0.29) is 36.5 Å². The predicted octanol–water partition coefficient (Wildman–Crippen LogP) is 3.61. The number of aliphatic hydroxyl groups excluding tert-OH is 1. The molecule has 0 bridgehead atoms. The summed E-state index contributed by atoms with van der Waals surface area (Å²) in [5.74, 6) is 1.50. The molecule has 0 heterocycles. The van der Waals surface area contributed by atoms with Gasteiger partial charge in [0.25, 0.3) is 0 Å². The van der Waals surface area contributed by atoms with Crippen LogP contribution < -0.4 is 0 Å². The van der Waals surface area contributed by atoms with Gasteiger partial charge in [-0.15, -0.1) is 0 Å². The molecule has 180 valence electrons. The first-order valence-corrected chi connectivity index (χ1v) is 14.8. The average Bonchev–Trinajstić information content (AvgIpc) is 2.98. The first-order chi connectivity index (χ1) is 14.8. The van der Waals surface area contributed by atoms with E-state index in [0.29, 0.717) is 23.3 Å². The summed E-state index contributed by atoms with van der Waals surface area (Å²) in [5, 5.41) is 19.1. The summed E-state index contributed by atoms with van der Waals surface area (Å²) in [7, 11) is -9.87. The monoisotopic (exact) mass is 488 g/mol. The minimum atomic E-state index is -4.94. The Morgan fingerprint density at radius 3 is 2.41 bits per heavy atom. The van der Waals surface area contributed by atoms with Crippen LogP contribution in [0.15, 0.2) is 12.1 Å². The fourth-order valence-electron chi connectivity index (χ4n) is 6.84. The lowest BCUT2D eigenvalue weighted by Crippen LogP contribution is -2.43. The Hall–Kier alpha value is -0.720. The van der Waals surface area contributed by atoms with Gasteiger partial charge in [-0.05, 0) is 104 Å². The summed E-state index contributed by atoms with van der Waals surface area (Å²) in [5.41, 5.74) is 3.00. The van der Waals surface area contributed by atoms with E-state index in [9.17, 15) is 38.9 Å². The molecule has 1 aromatic rings. The summed E-state index contributed by atoms with van der Waals surface area (Å²) in [6.07, 6.45) is 5.68. The van der Waals surface area contributed by atoms with Gasteiger partial charge >= 0.3 is 15.2 Å². The van der Waals surface area contributed by atoms with Crippen LogP contribution >= 0.6 is 15.2 Å². The van der Waals surface area contributed by atoms with Gasteiger partial charge in [-0.25, -0.2) is 0 Å². The van der Waals surface area contributed by atoms with Crippen LogP contribution in [0.4, 0.5) is 0 Å². The Balaban J connectivity index is 1.53. The van der Waals surface area contributed by atoms with Gasteiger partial charge in [-0.3, -0.25) is 9.13 Å². The van der Waals surface area contributed by atoms with Crippen LogP contribution in [0.25, 0.3) is 0 Å². The molecule has 2 saturated carbocycles. The minimum Gasteiger partial charge on any atom is -0.508 e. The van der Waals surface area contributed by atoms with Crippen molar-refractivity contribution in [2.24, 2.45) is 17.3 Å². The first kappa shape index (κ1) is 24.4. The third-order valence-corrected chi connectivity index (χ3v) is 12.4. The van der Waals surface area contributed by atoms with E-state index >= 15 is 0 Å². The summed E-state index contributed by atoms with van der Waals surface area (Å²) in [6, 6.07) is 3.79. The standard InChI is InChI=1S/C22H34O8P2/c1-22-10-9-15-16(18(22)7-8-20(22)24)6-5-13-12-19(23)14(11-17(13)15)3-2-4-21(31(25,26)27)32(28,29)30/h11-12,15-16,18,20-21,23-24H,2-10H2,1H3,(H2,25,26,27)(H2,28,29,30)/t15-,16+,18-,20-,22-/m0/s1. The second-order valence-electron chi connectivity index (χ2n) is 10.3. The lowest BCUT2D eigenvalue weighted by Gasteiger charge is -2.50. The molecule has 0 spiro atoms. The van der Waals surface area contributed by atoms with Crippen molar-refractivity contribution in [3.05, 3.63) is 28.8 Å². The van der Waals surface area contributed by atoms with Crippen molar-refractivity contribution in [3.63, 3.8) is 0 Å². The van der Waals surface area contributed by atoms with Gasteiger partial charge < -0.3 is 29.8 Å². The molecule has 0 unspecified atom stereocenters. The van der Waals surface area contributed by atoms with E-state index in [1.165, 1.54) is 5.56 Å². The quantitative estimate of drug-likeness (QED) is 0.332. The Labute approximate surface area is 188 Å². The van der Waals surface area contributed by atoms with E-state index in [0.717, 1.165) is 44.1 Å². The number of phenols is 1. The molecule has 32 heavy (non-hydrogen) atoms. The molecule has 0 aliphatic heterocycles. The van der Waals surface area contributed by atoms with Crippen molar-refractivity contribution in [3.8, 4) is 5.75 Å². The van der Waals surface area contributed by atoms with E-state index < -0.39 is 20.6 Å². The second kappa shape index (κ2) is 8.49. The number of aliphatic hydroxyl groups is 1. The SMILES string of the molecule is C[C@]12CC[C@@H]3c4cc(CCCC(P(=O)(O)O)P(=O)(O)O)c(O)cc4CC[C@H]3[C@@H]1CC[C@@H]2O. The molecule has 0 amide bonds. The molecular formula is C22H34O8P2. The summed E-state index contributed by atoms with van der Waals surface area (Å²) < 4.78 is 23.0. The number of hydrogen-bond donors (Lipinski definition) is 6. The first-order valence-electron chi connectivity index (χ1n) is 11.5. The second-order valence-corrected chi connectivity index (χ2v) is 14.3. The highest BCUT2D eigenvalue weighted by molar-refractivity contribution is 7.70. The molecule has 6 N–H and O–H groups in total. The van der Waals surface area contributed by atoms with Gasteiger partial charge in [0.05, 0.1) is 6.10 Å². The van der Waals surface area contributed by atoms with Gasteiger partial charge in [0.1, 0.15) is 5.75 Å². The van der Waals surface area contributed by atoms with Crippen LogP contribution in [-0.4, -0.2) is 41.3 Å². The molecule has 2 fully saturated rings. The van der Waals surface area contributed by atoms with Crippen LogP contribution in [-0.2, 0) is 22.0 Å². The van der Waals surface area contributed by atoms with E-state index in [1.807, 2.05) is 6.07 Å². The van der Waals surface area contributed by atoms with Crippen molar-refractivity contribution in [1.82, 2.24) is 0 Å². The van der Waals surface area contributed by atoms with Crippen molar-refractivity contribution >= 4 is 15.2 Å². The van der Waals surface area contributed by atoms with Crippen molar-refractivity contribution in [2.75, 3.05) is 0 Å². The fourth-order valence-corrected chi connectivity index (χ4v) is 9.44. The molecule has 0 radical (unpaired) electrons. The third kappa shape index (κ3) is 4.36. The van der Waals surface area contributed by atoms with Crippen molar-refractivity contribution in [2.45, 2.75) is 82.1 Å². The van der Waals surface area contributed by atoms with Gasteiger partial charge in [-0.1, -0.05) is 13.0 Å². The number of fused-ring (bicyclic) bond motifs is 5. The molecular weight excluding hydrogens is 454 g/mol. The van der Waals surface area contributed by atoms with E-state index in [2.05, 4.69) is 6.92 Å². The molecule has 4 rings (SSSR count). The fraction of sp³-hybridized carbons (Fsp3) is 0.727. The zero-order valence-corrected chi connectivity index (χ0v) is 20.1. The number of aromatic hydroxyl groups is 1. The molecule has 8 nitrogen and oxygen atoms in total. The van der Waals surface area contributed by atoms with Gasteiger partial charge in [0.2, 0.25) is 0 Å². The minimum absolute atomic E-state index is 0.0154. The lowest BCUT2D eigenvalue weighted by molar-refractivity contribution is -0.0226. The van der Waals surface area contributed by atoms with Crippen LogP contribution in [0.2, 0.25) is 0 Å². The summed E-state index contributed by atoms with van der Waals surface area (Å²) in [6.45, 7) is 2.22. The van der Waals surface area contributed by atoms with Crippen LogP contribution in [0.3, 0.4) is 0 Å². The third-order valence-electron chi connectivity index (χ3n) is 8.56. The normalized spacial score (nSPS) is 32.5. The van der Waals surface area contributed by atoms with Crippen molar-refractivity contribution < 1.29 is 38.9 Å². The molecule has 10 heteroatoms. The highest BCUT2D eigenvalue weighted by Crippen LogP contribution is 2.62. The number of phenolic OH excluding ortho intramolecular Hbond substituents is 1. The highest BCUT2D eigenvalue weighted by atomic mass is 31.2. The summed E-state index contributed by atoms with van der Waals surface area (Å²) >= 11 is 0. The van der Waals surface area contributed by atoms with Gasteiger partial charge in [0, 0.05) is 0 Å². The Morgan fingerprint density at radius 2 is 1.75 bits per heavy atom. The maximum Gasteiger partial charge on any atom is 0.340 e. The van der Waals surface area contributed by atoms with Crippen molar-refractivity contribution in [1.29, 1.82) is 0 Å². The number of benzene rings is 1. The average molecular weight is 488 g/mol. The molecule has 0 aromatic heterocycles. The van der Waals surface area contributed by atoms with E-state index in [4.69, 9.17) is 0 Å². The van der Waals surface area contributed by atoms with Crippen LogP contribution in [0.1, 0.15) is 74.5 Å². The molecule has 3 aliphatic carbocycles. The Kier molecular flexibility index (Phi) is 6.48. The lowest BCUT2D eigenvalue weighted by atomic mass is 9.55. The molecule has 0 saturated heterocycles. The maximum absolute atomic E-state index is 11.5. The number of aryl methyl sites for hydroxylation is 2. The smallest absolute Gasteiger partial charge is 0.340 e. The largest absolute Gasteiger partial charge is 0.508 e. The molecule has 5 atom stereocenters. The van der Waals surface area contributed by atoms with Gasteiger partial charge in [0.15, 0.2) is 5.40 Å². The Morgan fingerprint density at radius 1 is 1.06 bits per heavy atom. The van der Waals surface area contributed by atoms with Crippen LogP contribution in [0.5, 0.6) is 5.75 Å². The molecule has 3 aliphatic rings. The predicted molar refractivity (Wildman–Crippen MR) is 120 cm³/mol. The molecule has 1 aromatic carbocycles. The van der Waals surface area contributed by atoms with Gasteiger partial charge in [-0.2, -0.15) is 0 Å². The number of hydrogen-bond acceptors (Lipinski definition) is 4. The zero-order valence-electron chi connectivity index (χ0n) is 18.3. The number of rotatable bonds is 6. The highest BCUT2D eigenvalue weighted by Gasteiger charge is 2.54. The zero-order chi connectivity index (χ0) is 23.5. The van der Waals surface area contributed by atoms with E-state index in [1.54, 1.807) is 6.07 Å².